The van der Waals surface area contributed by atoms with Crippen LogP contribution < -0.4 is 15.8 Å². The first-order chi connectivity index (χ1) is 9.54. The van der Waals surface area contributed by atoms with Crippen LogP contribution in [0.5, 0.6) is 5.75 Å². The van der Waals surface area contributed by atoms with Gasteiger partial charge in [0.05, 0.1) is 0 Å². The third-order valence-electron chi connectivity index (χ3n) is 2.83. The molecule has 0 saturated carbocycles. The molecule has 0 saturated heterocycles. The summed E-state index contributed by atoms with van der Waals surface area (Å²) < 4.78 is 5.57. The third-order valence-corrected chi connectivity index (χ3v) is 2.83. The molecule has 4 heteroatoms. The van der Waals surface area contributed by atoms with Crippen LogP contribution in [0.15, 0.2) is 48.5 Å². The van der Waals surface area contributed by atoms with Crippen LogP contribution in [-0.4, -0.2) is 12.0 Å². The van der Waals surface area contributed by atoms with Crippen molar-refractivity contribution >= 4 is 17.3 Å². The monoisotopic (exact) mass is 270 g/mol. The van der Waals surface area contributed by atoms with Crippen molar-refractivity contribution < 1.29 is 9.53 Å². The lowest BCUT2D eigenvalue weighted by atomic mass is 10.2. The predicted molar refractivity (Wildman–Crippen MR) is 80.8 cm³/mol. The van der Waals surface area contributed by atoms with Gasteiger partial charge >= 0.3 is 0 Å². The van der Waals surface area contributed by atoms with Crippen molar-refractivity contribution in [3.63, 3.8) is 0 Å². The highest BCUT2D eigenvalue weighted by Crippen LogP contribution is 2.17. The van der Waals surface area contributed by atoms with E-state index in [2.05, 4.69) is 5.32 Å². The molecular weight excluding hydrogens is 252 g/mol. The summed E-state index contributed by atoms with van der Waals surface area (Å²) >= 11 is 0. The van der Waals surface area contributed by atoms with Crippen LogP contribution in [0, 0.1) is 6.92 Å². The maximum absolute atomic E-state index is 12.0. The van der Waals surface area contributed by atoms with Crippen LogP contribution in [0.2, 0.25) is 0 Å². The Morgan fingerprint density at radius 1 is 1.20 bits per heavy atom. The number of amides is 1. The molecule has 2 rings (SSSR count). The van der Waals surface area contributed by atoms with E-state index in [4.69, 9.17) is 10.5 Å². The van der Waals surface area contributed by atoms with Crippen LogP contribution in [0.1, 0.15) is 12.5 Å². The summed E-state index contributed by atoms with van der Waals surface area (Å²) in [5.41, 5.74) is 8.13. The van der Waals surface area contributed by atoms with E-state index in [0.717, 1.165) is 11.3 Å². The van der Waals surface area contributed by atoms with E-state index in [1.807, 2.05) is 31.2 Å². The molecule has 0 aliphatic heterocycles. The van der Waals surface area contributed by atoms with E-state index < -0.39 is 6.10 Å². The largest absolute Gasteiger partial charge is 0.481 e. The number of carbonyl (C=O) groups excluding carboxylic acids is 1. The van der Waals surface area contributed by atoms with Gasteiger partial charge in [0.1, 0.15) is 5.75 Å². The molecule has 2 aromatic carbocycles. The molecule has 0 heterocycles. The van der Waals surface area contributed by atoms with Crippen molar-refractivity contribution in [3.8, 4) is 5.75 Å². The number of hydrogen-bond acceptors (Lipinski definition) is 3. The fourth-order valence-electron chi connectivity index (χ4n) is 1.81. The maximum atomic E-state index is 12.0. The Morgan fingerprint density at radius 2 is 1.95 bits per heavy atom. The molecule has 0 fully saturated rings. The molecule has 0 aromatic heterocycles. The summed E-state index contributed by atoms with van der Waals surface area (Å²) in [5.74, 6) is 0.384. The summed E-state index contributed by atoms with van der Waals surface area (Å²) in [6, 6.07) is 14.6. The standard InChI is InChI=1S/C16H18N2O2/c1-11-5-3-7-14(9-11)18-16(19)12(2)20-15-8-4-6-13(17)10-15/h3-10,12H,17H2,1-2H3,(H,18,19). The minimum absolute atomic E-state index is 0.196. The molecule has 0 radical (unpaired) electrons. The SMILES string of the molecule is Cc1cccc(NC(=O)C(C)Oc2cccc(N)c2)c1. The van der Waals surface area contributed by atoms with Crippen LogP contribution in [-0.2, 0) is 4.79 Å². The number of anilines is 2. The van der Waals surface area contributed by atoms with Gasteiger partial charge in [-0.15, -0.1) is 0 Å². The number of hydrogen-bond donors (Lipinski definition) is 2. The average Bonchev–Trinajstić information content (AvgIpc) is 2.38. The van der Waals surface area contributed by atoms with Crippen molar-refractivity contribution in [1.82, 2.24) is 0 Å². The molecule has 0 spiro atoms. The number of nitrogens with one attached hydrogen (secondary N) is 1. The predicted octanol–water partition coefficient (Wildman–Crippen LogP) is 2.98. The quantitative estimate of drug-likeness (QED) is 0.839. The van der Waals surface area contributed by atoms with E-state index in [-0.39, 0.29) is 5.91 Å². The van der Waals surface area contributed by atoms with Gasteiger partial charge in [0.15, 0.2) is 6.10 Å². The lowest BCUT2D eigenvalue weighted by molar-refractivity contribution is -0.122. The Morgan fingerprint density at radius 3 is 2.65 bits per heavy atom. The topological polar surface area (TPSA) is 64.3 Å². The first-order valence-corrected chi connectivity index (χ1v) is 6.44. The van der Waals surface area contributed by atoms with Gasteiger partial charge in [-0.2, -0.15) is 0 Å². The molecule has 104 valence electrons. The highest BCUT2D eigenvalue weighted by Gasteiger charge is 2.14. The summed E-state index contributed by atoms with van der Waals surface area (Å²) in [4.78, 5) is 12.0. The number of benzene rings is 2. The Hall–Kier alpha value is -2.49. The molecule has 0 aliphatic carbocycles. The zero-order valence-corrected chi connectivity index (χ0v) is 11.6. The summed E-state index contributed by atoms with van der Waals surface area (Å²) in [6.45, 7) is 3.68. The Bertz CT molecular complexity index is 611. The normalized spacial score (nSPS) is 11.7. The van der Waals surface area contributed by atoms with Gasteiger partial charge in [0.2, 0.25) is 0 Å². The molecule has 2 aromatic rings. The van der Waals surface area contributed by atoms with Gasteiger partial charge in [-0.3, -0.25) is 4.79 Å². The second-order valence-corrected chi connectivity index (χ2v) is 4.69. The van der Waals surface area contributed by atoms with E-state index in [9.17, 15) is 4.79 Å². The van der Waals surface area contributed by atoms with Gasteiger partial charge in [-0.25, -0.2) is 0 Å². The average molecular weight is 270 g/mol. The lowest BCUT2D eigenvalue weighted by Crippen LogP contribution is -2.30. The Labute approximate surface area is 118 Å². The Balaban J connectivity index is 1.98. The summed E-state index contributed by atoms with van der Waals surface area (Å²) in [5, 5.41) is 2.82. The van der Waals surface area contributed by atoms with Gasteiger partial charge < -0.3 is 15.8 Å². The van der Waals surface area contributed by atoms with Crippen LogP contribution in [0.25, 0.3) is 0 Å². The number of rotatable bonds is 4. The van der Waals surface area contributed by atoms with Gasteiger partial charge in [0.25, 0.3) is 5.91 Å². The van der Waals surface area contributed by atoms with E-state index in [1.165, 1.54) is 0 Å². The summed E-state index contributed by atoms with van der Waals surface area (Å²) in [6.07, 6.45) is -0.600. The van der Waals surface area contributed by atoms with Crippen LogP contribution in [0.4, 0.5) is 11.4 Å². The van der Waals surface area contributed by atoms with Crippen molar-refractivity contribution in [1.29, 1.82) is 0 Å². The summed E-state index contributed by atoms with van der Waals surface area (Å²) in [7, 11) is 0. The zero-order valence-electron chi connectivity index (χ0n) is 11.6. The second kappa shape index (κ2) is 6.10. The minimum atomic E-state index is -0.600. The van der Waals surface area contributed by atoms with Crippen molar-refractivity contribution in [2.75, 3.05) is 11.1 Å². The fourth-order valence-corrected chi connectivity index (χ4v) is 1.81. The van der Waals surface area contributed by atoms with Gasteiger partial charge in [-0.1, -0.05) is 18.2 Å². The fraction of sp³-hybridized carbons (Fsp3) is 0.188. The first kappa shape index (κ1) is 13.9. The molecule has 0 aliphatic rings. The van der Waals surface area contributed by atoms with E-state index in [1.54, 1.807) is 31.2 Å². The van der Waals surface area contributed by atoms with Crippen LogP contribution >= 0.6 is 0 Å². The second-order valence-electron chi connectivity index (χ2n) is 4.69. The highest BCUT2D eigenvalue weighted by atomic mass is 16.5. The van der Waals surface area contributed by atoms with Crippen molar-refractivity contribution in [2.24, 2.45) is 0 Å². The van der Waals surface area contributed by atoms with Gasteiger partial charge in [0, 0.05) is 17.4 Å². The molecule has 0 bridgehead atoms. The molecule has 1 unspecified atom stereocenters. The third kappa shape index (κ3) is 3.75. The molecule has 1 atom stereocenters. The molecule has 3 N–H and O–H groups in total. The molecular formula is C16H18N2O2. The smallest absolute Gasteiger partial charge is 0.265 e. The minimum Gasteiger partial charge on any atom is -0.481 e. The molecule has 4 nitrogen and oxygen atoms in total. The van der Waals surface area contributed by atoms with Crippen LogP contribution in [0.3, 0.4) is 0 Å². The zero-order chi connectivity index (χ0) is 14.5. The number of aryl methyl sites for hydroxylation is 1. The van der Waals surface area contributed by atoms with Crippen molar-refractivity contribution in [3.05, 3.63) is 54.1 Å². The number of carbonyl (C=O) groups is 1. The molecule has 1 amide bonds. The number of nitrogen functional groups attached to an aromatic ring is 1. The van der Waals surface area contributed by atoms with Gasteiger partial charge in [-0.05, 0) is 43.7 Å². The maximum Gasteiger partial charge on any atom is 0.265 e. The number of ether oxygens (including phenoxy) is 1. The van der Waals surface area contributed by atoms with E-state index in [0.29, 0.717) is 11.4 Å². The van der Waals surface area contributed by atoms with E-state index >= 15 is 0 Å². The first-order valence-electron chi connectivity index (χ1n) is 6.44. The number of nitrogens with two attached hydrogens (primary N) is 1. The molecule has 20 heavy (non-hydrogen) atoms. The highest BCUT2D eigenvalue weighted by molar-refractivity contribution is 5.94. The Kier molecular flexibility index (Phi) is 4.25. The van der Waals surface area contributed by atoms with Crippen molar-refractivity contribution in [2.45, 2.75) is 20.0 Å². The lowest BCUT2D eigenvalue weighted by Gasteiger charge is -2.15.